The number of amides is 1. The third-order valence-corrected chi connectivity index (χ3v) is 8.36. The number of nitrogens with zero attached hydrogens (tertiary/aromatic N) is 1. The van der Waals surface area contributed by atoms with Crippen LogP contribution in [0.25, 0.3) is 11.1 Å². The average molecular weight is 595 g/mol. The minimum absolute atomic E-state index is 0.00854. The average Bonchev–Trinajstić information content (AvgIpc) is 3.07. The maximum atomic E-state index is 11.4. The highest BCUT2D eigenvalue weighted by molar-refractivity contribution is 5.73. The maximum absolute atomic E-state index is 11.4. The van der Waals surface area contributed by atoms with Crippen LogP contribution in [0.1, 0.15) is 66.6 Å². The van der Waals surface area contributed by atoms with E-state index >= 15 is 0 Å². The molecule has 0 bridgehead atoms. The molecule has 4 aromatic carbocycles. The van der Waals surface area contributed by atoms with Gasteiger partial charge in [0.05, 0.1) is 24.9 Å². The second-order valence-electron chi connectivity index (χ2n) is 11.6. The Kier molecular flexibility index (Phi) is 10.6. The van der Waals surface area contributed by atoms with Crippen molar-refractivity contribution in [2.75, 3.05) is 13.6 Å². The Labute approximate surface area is 260 Å². The summed E-state index contributed by atoms with van der Waals surface area (Å²) in [7, 11) is 2.02. The third-order valence-electron chi connectivity index (χ3n) is 8.36. The molecule has 7 nitrogen and oxygen atoms in total. The van der Waals surface area contributed by atoms with Crippen LogP contribution in [-0.4, -0.2) is 46.8 Å². The number of carbonyl (C=O) groups excluding carboxylic acids is 1. The van der Waals surface area contributed by atoms with Crippen LogP contribution >= 0.6 is 0 Å². The zero-order chi connectivity index (χ0) is 31.1. The second kappa shape index (κ2) is 14.8. The standard InChI is InChI=1S/C37H42N2O5/c1-25(36(42)30-10-5-4-6-11-30)39(3)23-34-21-35(29-17-15-27(24-40)16-18-29)44-37(43-34)33-14-8-13-32(20-33)31-12-7-9-28(19-31)22-38-26(2)41/h4-20,25,34-37,40,42H,21-24H2,1-3H3,(H,38,41)/t25-,34+,35-,36-,37-/m1/s1. The van der Waals surface area contributed by atoms with Gasteiger partial charge in [0.15, 0.2) is 6.29 Å². The van der Waals surface area contributed by atoms with Crippen LogP contribution in [0, 0.1) is 0 Å². The molecule has 1 aliphatic rings. The summed E-state index contributed by atoms with van der Waals surface area (Å²) in [5, 5.41) is 23.5. The lowest BCUT2D eigenvalue weighted by atomic mass is 9.97. The topological polar surface area (TPSA) is 91.3 Å². The zero-order valence-corrected chi connectivity index (χ0v) is 25.6. The summed E-state index contributed by atoms with van der Waals surface area (Å²) >= 11 is 0. The quantitative estimate of drug-likeness (QED) is 0.195. The molecule has 5 atom stereocenters. The van der Waals surface area contributed by atoms with Gasteiger partial charge >= 0.3 is 0 Å². The molecule has 7 heteroatoms. The minimum Gasteiger partial charge on any atom is -0.392 e. The monoisotopic (exact) mass is 594 g/mol. The van der Waals surface area contributed by atoms with E-state index in [1.54, 1.807) is 0 Å². The van der Waals surface area contributed by atoms with Crippen LogP contribution in [0.2, 0.25) is 0 Å². The smallest absolute Gasteiger partial charge is 0.217 e. The fourth-order valence-corrected chi connectivity index (χ4v) is 5.64. The Bertz CT molecular complexity index is 1510. The van der Waals surface area contributed by atoms with E-state index in [-0.39, 0.29) is 30.8 Å². The van der Waals surface area contributed by atoms with Crippen molar-refractivity contribution in [1.82, 2.24) is 10.2 Å². The summed E-state index contributed by atoms with van der Waals surface area (Å²) in [6, 6.07) is 33.8. The van der Waals surface area contributed by atoms with E-state index in [4.69, 9.17) is 9.47 Å². The fourth-order valence-electron chi connectivity index (χ4n) is 5.64. The van der Waals surface area contributed by atoms with Gasteiger partial charge < -0.3 is 25.0 Å². The molecule has 1 saturated heterocycles. The van der Waals surface area contributed by atoms with Crippen LogP contribution < -0.4 is 5.32 Å². The van der Waals surface area contributed by atoms with Crippen molar-refractivity contribution >= 4 is 5.91 Å². The Morgan fingerprint density at radius 1 is 0.886 bits per heavy atom. The molecule has 1 aliphatic heterocycles. The largest absolute Gasteiger partial charge is 0.392 e. The molecular formula is C37H42N2O5. The van der Waals surface area contributed by atoms with E-state index in [0.29, 0.717) is 19.5 Å². The van der Waals surface area contributed by atoms with Crippen LogP contribution in [0.3, 0.4) is 0 Å². The highest BCUT2D eigenvalue weighted by Gasteiger charge is 2.34. The van der Waals surface area contributed by atoms with E-state index in [1.165, 1.54) is 6.92 Å². The van der Waals surface area contributed by atoms with Gasteiger partial charge in [0.25, 0.3) is 0 Å². The lowest BCUT2D eigenvalue weighted by Gasteiger charge is -2.39. The van der Waals surface area contributed by atoms with Crippen molar-refractivity contribution in [2.24, 2.45) is 0 Å². The summed E-state index contributed by atoms with van der Waals surface area (Å²) in [5.41, 5.74) is 6.78. The van der Waals surface area contributed by atoms with Gasteiger partial charge in [-0.25, -0.2) is 0 Å². The summed E-state index contributed by atoms with van der Waals surface area (Å²) in [4.78, 5) is 13.6. The van der Waals surface area contributed by atoms with Gasteiger partial charge in [-0.15, -0.1) is 0 Å². The van der Waals surface area contributed by atoms with Crippen molar-refractivity contribution in [2.45, 2.75) is 64.1 Å². The van der Waals surface area contributed by atoms with Crippen molar-refractivity contribution in [3.63, 3.8) is 0 Å². The molecule has 1 fully saturated rings. The highest BCUT2D eigenvalue weighted by atomic mass is 16.7. The Morgan fingerprint density at radius 3 is 2.30 bits per heavy atom. The maximum Gasteiger partial charge on any atom is 0.217 e. The van der Waals surface area contributed by atoms with Gasteiger partial charge in [-0.2, -0.15) is 0 Å². The van der Waals surface area contributed by atoms with Crippen molar-refractivity contribution in [3.8, 4) is 11.1 Å². The molecule has 0 radical (unpaired) electrons. The van der Waals surface area contributed by atoms with Gasteiger partial charge in [-0.3, -0.25) is 9.69 Å². The van der Waals surface area contributed by atoms with Crippen LogP contribution in [0.15, 0.2) is 103 Å². The van der Waals surface area contributed by atoms with Crippen molar-refractivity contribution < 1.29 is 24.5 Å². The van der Waals surface area contributed by atoms with Gasteiger partial charge in [-0.1, -0.05) is 91.0 Å². The van der Waals surface area contributed by atoms with E-state index in [2.05, 4.69) is 34.5 Å². The van der Waals surface area contributed by atoms with Crippen molar-refractivity contribution in [1.29, 1.82) is 0 Å². The Hall–Kier alpha value is -3.85. The Morgan fingerprint density at radius 2 is 1.59 bits per heavy atom. The molecule has 1 amide bonds. The highest BCUT2D eigenvalue weighted by Crippen LogP contribution is 2.39. The van der Waals surface area contributed by atoms with Gasteiger partial charge in [0, 0.05) is 38.0 Å². The third kappa shape index (κ3) is 8.00. The molecule has 1 heterocycles. The summed E-state index contributed by atoms with van der Waals surface area (Å²) in [6.07, 6.45) is -0.938. The van der Waals surface area contributed by atoms with Crippen LogP contribution in [-0.2, 0) is 27.4 Å². The number of benzene rings is 4. The first-order valence-electron chi connectivity index (χ1n) is 15.2. The molecule has 0 aromatic heterocycles. The summed E-state index contributed by atoms with van der Waals surface area (Å²) in [5.74, 6) is -0.0614. The number of likely N-dealkylation sites (N-methyl/N-ethyl adjacent to an activating group) is 1. The first kappa shape index (κ1) is 31.6. The lowest BCUT2D eigenvalue weighted by Crippen LogP contribution is -2.43. The molecule has 4 aromatic rings. The first-order valence-corrected chi connectivity index (χ1v) is 15.2. The first-order chi connectivity index (χ1) is 21.3. The molecule has 0 aliphatic carbocycles. The molecule has 0 saturated carbocycles. The Balaban J connectivity index is 1.38. The van der Waals surface area contributed by atoms with Crippen LogP contribution in [0.4, 0.5) is 0 Å². The van der Waals surface area contributed by atoms with Gasteiger partial charge in [-0.05, 0) is 59.5 Å². The molecule has 5 rings (SSSR count). The van der Waals surface area contributed by atoms with E-state index in [9.17, 15) is 15.0 Å². The van der Waals surface area contributed by atoms with Crippen molar-refractivity contribution in [3.05, 3.63) is 131 Å². The SMILES string of the molecule is CC(=O)NCc1cccc(-c2cccc([C@@H]3O[C@H](CN(C)[C@H](C)[C@@H](O)c4ccccc4)C[C@H](c4ccc(CO)cc4)O3)c2)c1. The van der Waals surface area contributed by atoms with Gasteiger partial charge in [0.2, 0.25) is 5.91 Å². The number of rotatable bonds is 11. The molecule has 3 N–H and O–H groups in total. The number of hydrogen-bond acceptors (Lipinski definition) is 6. The zero-order valence-electron chi connectivity index (χ0n) is 25.6. The van der Waals surface area contributed by atoms with Gasteiger partial charge in [0.1, 0.15) is 0 Å². The number of nitrogens with one attached hydrogen (secondary N) is 1. The second-order valence-corrected chi connectivity index (χ2v) is 11.6. The number of carbonyl (C=O) groups is 1. The molecule has 230 valence electrons. The minimum atomic E-state index is -0.628. The normalized spacial score (nSPS) is 19.8. The molecule has 0 unspecified atom stereocenters. The van der Waals surface area contributed by atoms with Crippen LogP contribution in [0.5, 0.6) is 0 Å². The number of aliphatic hydroxyl groups is 2. The number of aliphatic hydroxyl groups excluding tert-OH is 2. The predicted molar refractivity (Wildman–Crippen MR) is 171 cm³/mol. The van der Waals surface area contributed by atoms with E-state index in [0.717, 1.165) is 38.9 Å². The fraction of sp³-hybridized carbons (Fsp3) is 0.324. The molecular weight excluding hydrogens is 552 g/mol. The molecule has 0 spiro atoms. The summed E-state index contributed by atoms with van der Waals surface area (Å²) in [6.45, 7) is 4.62. The van der Waals surface area contributed by atoms with E-state index in [1.807, 2.05) is 92.8 Å². The summed E-state index contributed by atoms with van der Waals surface area (Å²) < 4.78 is 13.2. The predicted octanol–water partition coefficient (Wildman–Crippen LogP) is 6.08. The van der Waals surface area contributed by atoms with E-state index < -0.39 is 12.4 Å². The molecule has 44 heavy (non-hydrogen) atoms. The number of ether oxygens (including phenoxy) is 2. The lowest BCUT2D eigenvalue weighted by molar-refractivity contribution is -0.253. The number of hydrogen-bond donors (Lipinski definition) is 3.